The molecule has 13 heavy (non-hydrogen) atoms. The van der Waals surface area contributed by atoms with Gasteiger partial charge in [0.15, 0.2) is 0 Å². The minimum Gasteiger partial charge on any atom is -0.307 e. The summed E-state index contributed by atoms with van der Waals surface area (Å²) in [5.74, 6) is -2.71. The Morgan fingerprint density at radius 1 is 1.38 bits per heavy atom. The lowest BCUT2D eigenvalue weighted by Crippen LogP contribution is -2.36. The normalized spacial score (nSPS) is 19.6. The summed E-state index contributed by atoms with van der Waals surface area (Å²) < 4.78 is 26.5. The van der Waals surface area contributed by atoms with Gasteiger partial charge in [0, 0.05) is 12.1 Å². The Balaban J connectivity index is 2.53. The molecule has 0 amide bonds. The lowest BCUT2D eigenvalue weighted by atomic mass is 9.96. The maximum Gasteiger partial charge on any atom is 0.285 e. The molecule has 0 saturated carbocycles. The third-order valence-corrected chi connectivity index (χ3v) is 2.32. The molecule has 0 saturated heterocycles. The smallest absolute Gasteiger partial charge is 0.285 e. The molecule has 0 atom stereocenters. The molecule has 1 aliphatic rings. The van der Waals surface area contributed by atoms with Gasteiger partial charge in [-0.3, -0.25) is 0 Å². The number of benzene rings is 1. The highest BCUT2D eigenvalue weighted by molar-refractivity contribution is 5.36. The predicted octanol–water partition coefficient (Wildman–Crippen LogP) is 2.19. The topological polar surface area (TPSA) is 12.0 Å². The van der Waals surface area contributed by atoms with E-state index in [0.717, 1.165) is 11.1 Å². The van der Waals surface area contributed by atoms with E-state index in [1.54, 1.807) is 6.07 Å². The molecule has 0 aromatic heterocycles. The molecule has 0 radical (unpaired) electrons. The molecule has 3 heteroatoms. The number of aryl methyl sites for hydroxylation is 1. The molecule has 0 spiro atoms. The van der Waals surface area contributed by atoms with Crippen molar-refractivity contribution in [2.75, 3.05) is 6.54 Å². The average molecular weight is 183 g/mol. The highest BCUT2D eigenvalue weighted by Crippen LogP contribution is 2.33. The van der Waals surface area contributed by atoms with Crippen molar-refractivity contribution >= 4 is 0 Å². The van der Waals surface area contributed by atoms with Gasteiger partial charge in [-0.1, -0.05) is 23.8 Å². The van der Waals surface area contributed by atoms with Crippen molar-refractivity contribution in [1.82, 2.24) is 5.32 Å². The Bertz CT molecular complexity index is 334. The van der Waals surface area contributed by atoms with Crippen molar-refractivity contribution < 1.29 is 8.78 Å². The molecule has 1 aliphatic heterocycles. The first kappa shape index (κ1) is 8.63. The number of rotatable bonds is 0. The maximum atomic E-state index is 13.3. The molecule has 0 unspecified atom stereocenters. The fourth-order valence-corrected chi connectivity index (χ4v) is 1.67. The second kappa shape index (κ2) is 2.77. The van der Waals surface area contributed by atoms with E-state index in [-0.39, 0.29) is 12.1 Å². The summed E-state index contributed by atoms with van der Waals surface area (Å²) in [6, 6.07) is 5.08. The fraction of sp³-hybridized carbons (Fsp3) is 0.400. The summed E-state index contributed by atoms with van der Waals surface area (Å²) in [7, 11) is 0. The SMILES string of the molecule is Cc1ccc2c(c1)CNCC2(F)F. The number of halogens is 2. The van der Waals surface area contributed by atoms with Crippen LogP contribution >= 0.6 is 0 Å². The molecule has 1 nitrogen and oxygen atoms in total. The molecule has 1 aromatic rings. The molecule has 70 valence electrons. The fourth-order valence-electron chi connectivity index (χ4n) is 1.67. The second-order valence-electron chi connectivity index (χ2n) is 3.47. The standard InChI is InChI=1S/C10H11F2N/c1-7-2-3-9-8(4-7)5-13-6-10(9,11)12/h2-4,13H,5-6H2,1H3. The van der Waals surface area contributed by atoms with Crippen molar-refractivity contribution in [2.45, 2.75) is 19.4 Å². The Labute approximate surface area is 75.8 Å². The van der Waals surface area contributed by atoms with E-state index in [9.17, 15) is 8.78 Å². The van der Waals surface area contributed by atoms with Gasteiger partial charge in [0.2, 0.25) is 0 Å². The number of nitrogens with one attached hydrogen (secondary N) is 1. The van der Waals surface area contributed by atoms with Gasteiger partial charge < -0.3 is 5.32 Å². The quantitative estimate of drug-likeness (QED) is 0.650. The highest BCUT2D eigenvalue weighted by atomic mass is 19.3. The summed E-state index contributed by atoms with van der Waals surface area (Å²) in [6.07, 6.45) is 0. The van der Waals surface area contributed by atoms with Gasteiger partial charge in [-0.15, -0.1) is 0 Å². The zero-order chi connectivity index (χ0) is 9.47. The summed E-state index contributed by atoms with van der Waals surface area (Å²) in [5, 5.41) is 2.71. The molecule has 1 aromatic carbocycles. The first-order valence-electron chi connectivity index (χ1n) is 4.28. The number of hydrogen-bond donors (Lipinski definition) is 1. The van der Waals surface area contributed by atoms with Crippen LogP contribution in [0.15, 0.2) is 18.2 Å². The summed E-state index contributed by atoms with van der Waals surface area (Å²) in [6.45, 7) is 2.21. The summed E-state index contributed by atoms with van der Waals surface area (Å²) >= 11 is 0. The van der Waals surface area contributed by atoms with Crippen molar-refractivity contribution in [2.24, 2.45) is 0 Å². The lowest BCUT2D eigenvalue weighted by Gasteiger charge is -2.26. The monoisotopic (exact) mass is 183 g/mol. The summed E-state index contributed by atoms with van der Waals surface area (Å²) in [4.78, 5) is 0. The number of hydrogen-bond acceptors (Lipinski definition) is 1. The molecular formula is C10H11F2N. The molecule has 0 bridgehead atoms. The van der Waals surface area contributed by atoms with E-state index in [1.807, 2.05) is 13.0 Å². The largest absolute Gasteiger partial charge is 0.307 e. The molecule has 2 rings (SSSR count). The minimum atomic E-state index is -2.71. The number of fused-ring (bicyclic) bond motifs is 1. The minimum absolute atomic E-state index is 0.178. The zero-order valence-corrected chi connectivity index (χ0v) is 7.40. The Morgan fingerprint density at radius 3 is 2.92 bits per heavy atom. The molecule has 1 heterocycles. The van der Waals surface area contributed by atoms with Crippen molar-refractivity contribution in [3.8, 4) is 0 Å². The van der Waals surface area contributed by atoms with Crippen LogP contribution in [0.3, 0.4) is 0 Å². The van der Waals surface area contributed by atoms with Crippen LogP contribution < -0.4 is 5.32 Å². The maximum absolute atomic E-state index is 13.3. The van der Waals surface area contributed by atoms with Crippen LogP contribution in [-0.4, -0.2) is 6.54 Å². The van der Waals surface area contributed by atoms with E-state index >= 15 is 0 Å². The van der Waals surface area contributed by atoms with Crippen LogP contribution in [0, 0.1) is 6.92 Å². The van der Waals surface area contributed by atoms with Gasteiger partial charge in [0.25, 0.3) is 5.92 Å². The summed E-state index contributed by atoms with van der Waals surface area (Å²) in [5.41, 5.74) is 1.92. The third-order valence-electron chi connectivity index (χ3n) is 2.32. The van der Waals surface area contributed by atoms with Crippen molar-refractivity contribution in [3.63, 3.8) is 0 Å². The van der Waals surface area contributed by atoms with Crippen molar-refractivity contribution in [3.05, 3.63) is 34.9 Å². The zero-order valence-electron chi connectivity index (χ0n) is 7.40. The molecular weight excluding hydrogens is 172 g/mol. The van der Waals surface area contributed by atoms with E-state index in [2.05, 4.69) is 5.32 Å². The van der Waals surface area contributed by atoms with Gasteiger partial charge in [0.1, 0.15) is 0 Å². The van der Waals surface area contributed by atoms with Crippen molar-refractivity contribution in [1.29, 1.82) is 0 Å². The van der Waals surface area contributed by atoms with Gasteiger partial charge in [0.05, 0.1) is 6.54 Å². The van der Waals surface area contributed by atoms with E-state index in [4.69, 9.17) is 0 Å². The Kier molecular flexibility index (Phi) is 1.84. The van der Waals surface area contributed by atoms with E-state index < -0.39 is 5.92 Å². The molecule has 1 N–H and O–H groups in total. The lowest BCUT2D eigenvalue weighted by molar-refractivity contribution is -0.0108. The number of alkyl halides is 2. The highest BCUT2D eigenvalue weighted by Gasteiger charge is 2.36. The van der Waals surface area contributed by atoms with E-state index in [1.165, 1.54) is 6.07 Å². The molecule has 0 aliphatic carbocycles. The Morgan fingerprint density at radius 2 is 2.15 bits per heavy atom. The average Bonchev–Trinajstić information content (AvgIpc) is 2.02. The molecule has 0 fully saturated rings. The van der Waals surface area contributed by atoms with Crippen LogP contribution in [0.5, 0.6) is 0 Å². The van der Waals surface area contributed by atoms with Crippen LogP contribution in [0.2, 0.25) is 0 Å². The predicted molar refractivity (Wildman–Crippen MR) is 46.8 cm³/mol. The first-order valence-corrected chi connectivity index (χ1v) is 4.28. The Hall–Kier alpha value is -0.960. The van der Waals surface area contributed by atoms with Crippen LogP contribution in [0.25, 0.3) is 0 Å². The van der Waals surface area contributed by atoms with Crippen LogP contribution in [-0.2, 0) is 12.5 Å². The van der Waals surface area contributed by atoms with Gasteiger partial charge in [-0.05, 0) is 12.5 Å². The van der Waals surface area contributed by atoms with E-state index in [0.29, 0.717) is 6.54 Å². The van der Waals surface area contributed by atoms with Crippen LogP contribution in [0.4, 0.5) is 8.78 Å². The third kappa shape index (κ3) is 1.44. The first-order chi connectivity index (χ1) is 6.09. The second-order valence-corrected chi connectivity index (χ2v) is 3.47. The van der Waals surface area contributed by atoms with Gasteiger partial charge in [-0.25, -0.2) is 0 Å². The van der Waals surface area contributed by atoms with Crippen LogP contribution in [0.1, 0.15) is 16.7 Å². The van der Waals surface area contributed by atoms with Gasteiger partial charge in [-0.2, -0.15) is 8.78 Å². The van der Waals surface area contributed by atoms with Gasteiger partial charge >= 0.3 is 0 Å².